The molecule has 6 heteroatoms. The molecule has 3 atom stereocenters. The van der Waals surface area contributed by atoms with Crippen LogP contribution in [0.25, 0.3) is 0 Å². The molecule has 1 saturated heterocycles. The van der Waals surface area contributed by atoms with E-state index in [1.54, 1.807) is 4.90 Å². The highest BCUT2D eigenvalue weighted by atomic mass is 16.5. The fraction of sp³-hybridized carbons (Fsp3) is 0.867. The monoisotopic (exact) mass is 298 g/mol. The molecule has 0 aromatic heterocycles. The summed E-state index contributed by atoms with van der Waals surface area (Å²) in [6.45, 7) is 4.48. The highest BCUT2D eigenvalue weighted by Crippen LogP contribution is 2.31. The molecule has 21 heavy (non-hydrogen) atoms. The van der Waals surface area contributed by atoms with Crippen molar-refractivity contribution < 1.29 is 19.4 Å². The van der Waals surface area contributed by atoms with Crippen LogP contribution in [0.1, 0.15) is 39.0 Å². The summed E-state index contributed by atoms with van der Waals surface area (Å²) in [6.07, 6.45) is 4.65. The number of nitrogens with one attached hydrogen (secondary N) is 1. The number of amides is 2. The van der Waals surface area contributed by atoms with Crippen molar-refractivity contribution in [2.45, 2.75) is 45.1 Å². The Morgan fingerprint density at radius 1 is 1.29 bits per heavy atom. The highest BCUT2D eigenvalue weighted by molar-refractivity contribution is 5.74. The standard InChI is InChI=1S/C15H26N2O4/c1-2-21-12-6-4-8-17(10-12)15(20)16-9-11-5-3-7-13(11)14(18)19/h11-13H,2-10H2,1H3,(H,16,20)(H,18,19). The van der Waals surface area contributed by atoms with E-state index in [0.29, 0.717) is 19.7 Å². The molecule has 1 aliphatic carbocycles. The molecular weight excluding hydrogens is 272 g/mol. The predicted octanol–water partition coefficient (Wildman–Crippen LogP) is 1.70. The van der Waals surface area contributed by atoms with Crippen LogP contribution >= 0.6 is 0 Å². The molecule has 1 aliphatic heterocycles. The van der Waals surface area contributed by atoms with Gasteiger partial charge < -0.3 is 20.1 Å². The van der Waals surface area contributed by atoms with Gasteiger partial charge in [0.2, 0.25) is 0 Å². The van der Waals surface area contributed by atoms with Gasteiger partial charge in [-0.15, -0.1) is 0 Å². The molecule has 1 saturated carbocycles. The van der Waals surface area contributed by atoms with Gasteiger partial charge in [-0.3, -0.25) is 4.79 Å². The van der Waals surface area contributed by atoms with Crippen LogP contribution in [0.5, 0.6) is 0 Å². The van der Waals surface area contributed by atoms with Crippen LogP contribution in [0.4, 0.5) is 4.79 Å². The topological polar surface area (TPSA) is 78.9 Å². The van der Waals surface area contributed by atoms with Crippen LogP contribution in [0, 0.1) is 11.8 Å². The molecule has 2 rings (SSSR count). The lowest BCUT2D eigenvalue weighted by Crippen LogP contribution is -2.49. The second kappa shape index (κ2) is 7.64. The minimum atomic E-state index is -0.735. The van der Waals surface area contributed by atoms with E-state index in [1.165, 1.54) is 0 Å². The third-order valence-electron chi connectivity index (χ3n) is 4.56. The van der Waals surface area contributed by atoms with Crippen molar-refractivity contribution in [1.29, 1.82) is 0 Å². The summed E-state index contributed by atoms with van der Waals surface area (Å²) >= 11 is 0. The van der Waals surface area contributed by atoms with E-state index >= 15 is 0 Å². The van der Waals surface area contributed by atoms with Crippen molar-refractivity contribution in [2.24, 2.45) is 11.8 Å². The maximum atomic E-state index is 12.2. The first-order valence-corrected chi connectivity index (χ1v) is 7.99. The number of likely N-dealkylation sites (tertiary alicyclic amines) is 1. The number of carboxylic acid groups (broad SMARTS) is 1. The number of carboxylic acids is 1. The van der Waals surface area contributed by atoms with E-state index in [2.05, 4.69) is 5.32 Å². The van der Waals surface area contributed by atoms with Gasteiger partial charge in [0.25, 0.3) is 0 Å². The van der Waals surface area contributed by atoms with E-state index in [-0.39, 0.29) is 24.0 Å². The molecule has 3 unspecified atom stereocenters. The Balaban J connectivity index is 1.77. The Bertz CT molecular complexity index is 373. The number of carbonyl (C=O) groups is 2. The van der Waals surface area contributed by atoms with Crippen LogP contribution in [-0.4, -0.2) is 54.4 Å². The van der Waals surface area contributed by atoms with Gasteiger partial charge in [0.1, 0.15) is 0 Å². The van der Waals surface area contributed by atoms with Gasteiger partial charge in [0, 0.05) is 26.2 Å². The van der Waals surface area contributed by atoms with Crippen molar-refractivity contribution >= 4 is 12.0 Å². The average molecular weight is 298 g/mol. The molecule has 0 spiro atoms. The van der Waals surface area contributed by atoms with E-state index in [4.69, 9.17) is 9.84 Å². The Labute approximate surface area is 125 Å². The Hall–Kier alpha value is -1.30. The molecule has 2 aliphatic rings. The second-order valence-electron chi connectivity index (χ2n) is 5.99. The molecule has 2 fully saturated rings. The lowest BCUT2D eigenvalue weighted by atomic mass is 9.96. The molecule has 120 valence electrons. The highest BCUT2D eigenvalue weighted by Gasteiger charge is 2.33. The summed E-state index contributed by atoms with van der Waals surface area (Å²) in [5, 5.41) is 12.1. The van der Waals surface area contributed by atoms with E-state index in [1.807, 2.05) is 6.92 Å². The van der Waals surface area contributed by atoms with Crippen LogP contribution in [-0.2, 0) is 9.53 Å². The Morgan fingerprint density at radius 2 is 2.10 bits per heavy atom. The smallest absolute Gasteiger partial charge is 0.317 e. The van der Waals surface area contributed by atoms with Crippen molar-refractivity contribution in [3.05, 3.63) is 0 Å². The zero-order chi connectivity index (χ0) is 15.2. The quantitative estimate of drug-likeness (QED) is 0.809. The third kappa shape index (κ3) is 4.33. The number of carbonyl (C=O) groups excluding carboxylic acids is 1. The molecule has 2 N–H and O–H groups in total. The van der Waals surface area contributed by atoms with Crippen LogP contribution in [0.2, 0.25) is 0 Å². The molecular formula is C15H26N2O4. The number of urea groups is 1. The number of hydrogen-bond acceptors (Lipinski definition) is 3. The minimum Gasteiger partial charge on any atom is -0.481 e. The lowest BCUT2D eigenvalue weighted by molar-refractivity contribution is -0.142. The van der Waals surface area contributed by atoms with Crippen molar-refractivity contribution in [3.63, 3.8) is 0 Å². The fourth-order valence-corrected chi connectivity index (χ4v) is 3.43. The number of hydrogen-bond donors (Lipinski definition) is 2. The van der Waals surface area contributed by atoms with Crippen LogP contribution in [0.3, 0.4) is 0 Å². The molecule has 1 heterocycles. The molecule has 0 aromatic carbocycles. The van der Waals surface area contributed by atoms with Gasteiger partial charge in [0.05, 0.1) is 12.0 Å². The van der Waals surface area contributed by atoms with Gasteiger partial charge in [-0.05, 0) is 38.5 Å². The van der Waals surface area contributed by atoms with Gasteiger partial charge in [-0.25, -0.2) is 4.79 Å². The van der Waals surface area contributed by atoms with Crippen molar-refractivity contribution in [1.82, 2.24) is 10.2 Å². The van der Waals surface area contributed by atoms with Gasteiger partial charge in [-0.2, -0.15) is 0 Å². The maximum absolute atomic E-state index is 12.2. The zero-order valence-electron chi connectivity index (χ0n) is 12.7. The SMILES string of the molecule is CCOC1CCCN(C(=O)NCC2CCCC2C(=O)O)C1. The van der Waals surface area contributed by atoms with E-state index in [9.17, 15) is 9.59 Å². The molecule has 0 aromatic rings. The summed E-state index contributed by atoms with van der Waals surface area (Å²) in [4.78, 5) is 25.1. The first-order chi connectivity index (χ1) is 10.1. The number of piperidine rings is 1. The zero-order valence-corrected chi connectivity index (χ0v) is 12.7. The normalized spacial score (nSPS) is 29.4. The van der Waals surface area contributed by atoms with E-state index in [0.717, 1.165) is 38.6 Å². The Kier molecular flexibility index (Phi) is 5.85. The van der Waals surface area contributed by atoms with Gasteiger partial charge in [0.15, 0.2) is 0 Å². The van der Waals surface area contributed by atoms with Crippen LogP contribution < -0.4 is 5.32 Å². The average Bonchev–Trinajstić information content (AvgIpc) is 2.94. The summed E-state index contributed by atoms with van der Waals surface area (Å²) < 4.78 is 5.59. The third-order valence-corrected chi connectivity index (χ3v) is 4.56. The van der Waals surface area contributed by atoms with E-state index < -0.39 is 5.97 Å². The molecule has 0 radical (unpaired) electrons. The summed E-state index contributed by atoms with van der Waals surface area (Å²) in [5.41, 5.74) is 0. The number of ether oxygens (including phenoxy) is 1. The number of aliphatic carboxylic acids is 1. The minimum absolute atomic E-state index is 0.0685. The molecule has 6 nitrogen and oxygen atoms in total. The van der Waals surface area contributed by atoms with Crippen molar-refractivity contribution in [2.75, 3.05) is 26.2 Å². The summed E-state index contributed by atoms with van der Waals surface area (Å²) in [6, 6.07) is -0.0876. The summed E-state index contributed by atoms with van der Waals surface area (Å²) in [5.74, 6) is -0.970. The number of nitrogens with zero attached hydrogens (tertiary/aromatic N) is 1. The van der Waals surface area contributed by atoms with Gasteiger partial charge in [-0.1, -0.05) is 6.42 Å². The van der Waals surface area contributed by atoms with Crippen LogP contribution in [0.15, 0.2) is 0 Å². The number of rotatable bonds is 5. The second-order valence-corrected chi connectivity index (χ2v) is 5.99. The largest absolute Gasteiger partial charge is 0.481 e. The lowest BCUT2D eigenvalue weighted by Gasteiger charge is -2.33. The fourth-order valence-electron chi connectivity index (χ4n) is 3.43. The Morgan fingerprint density at radius 3 is 2.81 bits per heavy atom. The predicted molar refractivity (Wildman–Crippen MR) is 78.1 cm³/mol. The summed E-state index contributed by atoms with van der Waals surface area (Å²) in [7, 11) is 0. The molecule has 2 amide bonds. The first kappa shape index (κ1) is 16.1. The van der Waals surface area contributed by atoms with Gasteiger partial charge >= 0.3 is 12.0 Å². The molecule has 0 bridgehead atoms. The van der Waals surface area contributed by atoms with Crippen molar-refractivity contribution in [3.8, 4) is 0 Å². The first-order valence-electron chi connectivity index (χ1n) is 7.99. The maximum Gasteiger partial charge on any atom is 0.317 e.